The van der Waals surface area contributed by atoms with Crippen molar-refractivity contribution in [2.45, 2.75) is 80.1 Å². The molecule has 1 heteroatoms. The molecule has 0 saturated heterocycles. The van der Waals surface area contributed by atoms with Crippen molar-refractivity contribution in [3.8, 4) is 0 Å². The number of rotatable bonds is 2. The van der Waals surface area contributed by atoms with Gasteiger partial charge in [-0.05, 0) is 91.5 Å². The van der Waals surface area contributed by atoms with Crippen LogP contribution in [0, 0.1) is 0 Å². The normalized spacial score (nSPS) is 19.7. The van der Waals surface area contributed by atoms with E-state index in [1.54, 1.807) is 0 Å². The van der Waals surface area contributed by atoms with Gasteiger partial charge in [-0.1, -0.05) is 22.3 Å². The van der Waals surface area contributed by atoms with Crippen LogP contribution in [-0.2, 0) is 37.0 Å². The number of hydrogen-bond donors (Lipinski definition) is 0. The van der Waals surface area contributed by atoms with Gasteiger partial charge in [0.1, 0.15) is 0 Å². The molecule has 0 nitrogen and oxygen atoms in total. The SMILES string of the molecule is CC1=C(C)C(C)(c2ccc[cH-]2)C(C)=C1C.CC1=C(C)C(C)(c2ccc[cH-]2)C(C)=C1C.[Zr+2]. The van der Waals surface area contributed by atoms with Gasteiger partial charge >= 0.3 is 26.2 Å². The zero-order chi connectivity index (χ0) is 22.4. The molecule has 0 N–H and O–H groups in total. The molecule has 0 fully saturated rings. The van der Waals surface area contributed by atoms with E-state index in [1.807, 2.05) is 0 Å². The molecule has 2 aromatic rings. The smallest absolute Gasteiger partial charge is 0.213 e. The first kappa shape index (κ1) is 25.8. The van der Waals surface area contributed by atoms with Crippen molar-refractivity contribution in [1.29, 1.82) is 0 Å². The summed E-state index contributed by atoms with van der Waals surface area (Å²) >= 11 is 0. The molecule has 0 heterocycles. The second-order valence-electron chi connectivity index (χ2n) is 9.60. The van der Waals surface area contributed by atoms with E-state index in [0.717, 1.165) is 0 Å². The Balaban J connectivity index is 0.000000213. The first-order chi connectivity index (χ1) is 14.0. The Morgan fingerprint density at radius 3 is 0.968 bits per heavy atom. The van der Waals surface area contributed by atoms with Crippen LogP contribution in [0.1, 0.15) is 80.4 Å². The van der Waals surface area contributed by atoms with E-state index in [2.05, 4.69) is 118 Å². The standard InChI is InChI=1S/2C15H19.Zr/c2*1-10-11(2)13(4)15(5,12(10)3)14-8-6-7-9-14;/h2*6-9H,1-5H3;/q2*-1;+2. The second-order valence-corrected chi connectivity index (χ2v) is 9.60. The van der Waals surface area contributed by atoms with E-state index in [1.165, 1.54) is 55.7 Å². The van der Waals surface area contributed by atoms with Crippen LogP contribution < -0.4 is 0 Å². The van der Waals surface area contributed by atoms with Crippen molar-refractivity contribution in [3.63, 3.8) is 0 Å². The molecule has 0 amide bonds. The van der Waals surface area contributed by atoms with Crippen molar-refractivity contribution in [1.82, 2.24) is 0 Å². The van der Waals surface area contributed by atoms with Crippen LogP contribution in [0.5, 0.6) is 0 Å². The third-order valence-electron chi connectivity index (χ3n) is 8.86. The van der Waals surface area contributed by atoms with Gasteiger partial charge in [-0.15, -0.1) is 0 Å². The molecule has 0 spiro atoms. The summed E-state index contributed by atoms with van der Waals surface area (Å²) in [6, 6.07) is 17.5. The Morgan fingerprint density at radius 1 is 0.516 bits per heavy atom. The monoisotopic (exact) mass is 488 g/mol. The van der Waals surface area contributed by atoms with Gasteiger partial charge < -0.3 is 0 Å². The minimum atomic E-state index is 0. The van der Waals surface area contributed by atoms with Crippen LogP contribution in [0.25, 0.3) is 0 Å². The van der Waals surface area contributed by atoms with Crippen LogP contribution >= 0.6 is 0 Å². The predicted molar refractivity (Wildman–Crippen MR) is 132 cm³/mol. The molecule has 0 saturated carbocycles. The molecule has 4 rings (SSSR count). The molecule has 162 valence electrons. The second kappa shape index (κ2) is 9.19. The molecular weight excluding hydrogens is 452 g/mol. The molecule has 0 atom stereocenters. The van der Waals surface area contributed by atoms with E-state index in [4.69, 9.17) is 0 Å². The summed E-state index contributed by atoms with van der Waals surface area (Å²) < 4.78 is 0. The van der Waals surface area contributed by atoms with E-state index in [9.17, 15) is 0 Å². The Bertz CT molecular complexity index is 923. The molecule has 2 aliphatic carbocycles. The van der Waals surface area contributed by atoms with Gasteiger partial charge in [0.15, 0.2) is 0 Å². The van der Waals surface area contributed by atoms with Gasteiger partial charge in [0.2, 0.25) is 0 Å². The molecule has 0 aliphatic heterocycles. The van der Waals surface area contributed by atoms with Crippen molar-refractivity contribution < 1.29 is 26.2 Å². The first-order valence-corrected chi connectivity index (χ1v) is 11.2. The average molecular weight is 490 g/mol. The van der Waals surface area contributed by atoms with Crippen LogP contribution in [0.3, 0.4) is 0 Å². The quantitative estimate of drug-likeness (QED) is 0.370. The van der Waals surface area contributed by atoms with Gasteiger partial charge in [-0.25, -0.2) is 24.3 Å². The topological polar surface area (TPSA) is 0 Å². The Hall–Kier alpha value is -1.46. The van der Waals surface area contributed by atoms with Gasteiger partial charge in [-0.3, -0.25) is 0 Å². The Labute approximate surface area is 209 Å². The third-order valence-corrected chi connectivity index (χ3v) is 8.86. The van der Waals surface area contributed by atoms with Crippen molar-refractivity contribution >= 4 is 0 Å². The maximum Gasteiger partial charge on any atom is 2.00 e. The summed E-state index contributed by atoms with van der Waals surface area (Å²) in [6.45, 7) is 22.7. The molecule has 0 bridgehead atoms. The fourth-order valence-electron chi connectivity index (χ4n) is 5.47. The summed E-state index contributed by atoms with van der Waals surface area (Å²) in [7, 11) is 0. The van der Waals surface area contributed by atoms with E-state index in [0.29, 0.717) is 0 Å². The summed E-state index contributed by atoms with van der Waals surface area (Å²) in [5.41, 5.74) is 15.0. The fraction of sp³-hybridized carbons (Fsp3) is 0.400. The molecule has 2 aromatic carbocycles. The van der Waals surface area contributed by atoms with Gasteiger partial charge in [0, 0.05) is 10.8 Å². The zero-order valence-electron chi connectivity index (χ0n) is 21.1. The summed E-state index contributed by atoms with van der Waals surface area (Å²) in [5.74, 6) is 0. The minimum Gasteiger partial charge on any atom is -0.213 e. The van der Waals surface area contributed by atoms with Crippen LogP contribution in [0.2, 0.25) is 0 Å². The predicted octanol–water partition coefficient (Wildman–Crippen LogP) is 8.70. The Morgan fingerprint density at radius 2 is 0.774 bits per heavy atom. The molecule has 2 aliphatic rings. The van der Waals surface area contributed by atoms with Gasteiger partial charge in [-0.2, -0.15) is 35.4 Å². The van der Waals surface area contributed by atoms with Crippen LogP contribution in [0.4, 0.5) is 0 Å². The van der Waals surface area contributed by atoms with E-state index < -0.39 is 0 Å². The van der Waals surface area contributed by atoms with Crippen molar-refractivity contribution in [2.24, 2.45) is 0 Å². The number of allylic oxidation sites excluding steroid dienone is 8. The zero-order valence-corrected chi connectivity index (χ0v) is 23.6. The third kappa shape index (κ3) is 3.82. The summed E-state index contributed by atoms with van der Waals surface area (Å²) in [5, 5.41) is 0. The fourth-order valence-corrected chi connectivity index (χ4v) is 5.47. The molecule has 31 heavy (non-hydrogen) atoms. The Kier molecular flexibility index (Phi) is 7.65. The average Bonchev–Trinajstić information content (AvgIpc) is 3.52. The van der Waals surface area contributed by atoms with Crippen molar-refractivity contribution in [3.05, 3.63) is 104 Å². The number of hydrogen-bond acceptors (Lipinski definition) is 0. The molecule has 0 aromatic heterocycles. The molecule has 0 unspecified atom stereocenters. The summed E-state index contributed by atoms with van der Waals surface area (Å²) in [6.07, 6.45) is 0. The summed E-state index contributed by atoms with van der Waals surface area (Å²) in [4.78, 5) is 0. The van der Waals surface area contributed by atoms with Gasteiger partial charge in [0.05, 0.1) is 0 Å². The maximum atomic E-state index is 2.34. The van der Waals surface area contributed by atoms with E-state index in [-0.39, 0.29) is 37.0 Å². The van der Waals surface area contributed by atoms with Crippen LogP contribution in [0.15, 0.2) is 93.1 Å². The van der Waals surface area contributed by atoms with Crippen molar-refractivity contribution in [2.75, 3.05) is 0 Å². The first-order valence-electron chi connectivity index (χ1n) is 11.2. The molecule has 0 radical (unpaired) electrons. The minimum absolute atomic E-state index is 0. The van der Waals surface area contributed by atoms with Gasteiger partial charge in [0.25, 0.3) is 0 Å². The molecular formula is C30H38Zr. The van der Waals surface area contributed by atoms with E-state index >= 15 is 0 Å². The maximum absolute atomic E-state index is 2.34. The largest absolute Gasteiger partial charge is 2.00 e. The van der Waals surface area contributed by atoms with Crippen LogP contribution in [-0.4, -0.2) is 0 Å².